The van der Waals surface area contributed by atoms with E-state index >= 15 is 0 Å². The first-order valence-electron chi connectivity index (χ1n) is 6.52. The van der Waals surface area contributed by atoms with Crippen molar-refractivity contribution in [2.24, 2.45) is 0 Å². The third-order valence-corrected chi connectivity index (χ3v) is 4.81. The molecule has 23 heavy (non-hydrogen) atoms. The van der Waals surface area contributed by atoms with E-state index in [1.54, 1.807) is 18.2 Å². The monoisotopic (exact) mass is 328 g/mol. The average Bonchev–Trinajstić information content (AvgIpc) is 2.53. The van der Waals surface area contributed by atoms with Crippen molar-refractivity contribution in [2.75, 3.05) is 0 Å². The van der Waals surface area contributed by atoms with Crippen LogP contribution in [0.3, 0.4) is 0 Å². The number of aryl methyl sites for hydroxylation is 1. The van der Waals surface area contributed by atoms with E-state index in [-0.39, 0.29) is 10.6 Å². The minimum Gasteiger partial charge on any atom is -0.258 e. The van der Waals surface area contributed by atoms with Crippen molar-refractivity contribution in [3.8, 4) is 6.07 Å². The van der Waals surface area contributed by atoms with Crippen LogP contribution in [-0.4, -0.2) is 13.3 Å². The van der Waals surface area contributed by atoms with Gasteiger partial charge in [0.2, 0.25) is 9.84 Å². The topological polar surface area (TPSA) is 101 Å². The fourth-order valence-electron chi connectivity index (χ4n) is 1.86. The molecule has 2 aromatic carbocycles. The van der Waals surface area contributed by atoms with Crippen LogP contribution in [0.1, 0.15) is 11.1 Å². The Hall–Kier alpha value is -2.98. The zero-order valence-corrected chi connectivity index (χ0v) is 12.9. The van der Waals surface area contributed by atoms with E-state index in [9.17, 15) is 23.8 Å². The number of sulfone groups is 1. The summed E-state index contributed by atoms with van der Waals surface area (Å²) in [6, 6.07) is 13.1. The minimum atomic E-state index is -3.93. The van der Waals surface area contributed by atoms with E-state index in [2.05, 4.69) is 0 Å². The highest BCUT2D eigenvalue weighted by Gasteiger charge is 2.20. The van der Waals surface area contributed by atoms with Crippen molar-refractivity contribution in [2.45, 2.75) is 11.8 Å². The van der Waals surface area contributed by atoms with Gasteiger partial charge >= 0.3 is 0 Å². The summed E-state index contributed by atoms with van der Waals surface area (Å²) in [4.78, 5) is 9.66. The molecule has 0 bridgehead atoms. The van der Waals surface area contributed by atoms with Crippen LogP contribution in [0.25, 0.3) is 6.08 Å². The summed E-state index contributed by atoms with van der Waals surface area (Å²) in [7, 11) is -3.93. The molecule has 6 nitrogen and oxygen atoms in total. The minimum absolute atomic E-state index is 0.0258. The maximum absolute atomic E-state index is 12.5. The molecule has 2 aromatic rings. The van der Waals surface area contributed by atoms with Gasteiger partial charge in [0.15, 0.2) is 0 Å². The van der Waals surface area contributed by atoms with Crippen molar-refractivity contribution in [3.63, 3.8) is 0 Å². The maximum atomic E-state index is 12.5. The van der Waals surface area contributed by atoms with Gasteiger partial charge < -0.3 is 0 Å². The number of hydrogen-bond donors (Lipinski definition) is 0. The van der Waals surface area contributed by atoms with Gasteiger partial charge in [-0.05, 0) is 42.8 Å². The van der Waals surface area contributed by atoms with Crippen molar-refractivity contribution >= 4 is 21.6 Å². The largest absolute Gasteiger partial charge is 0.269 e. The van der Waals surface area contributed by atoms with Crippen LogP contribution in [0, 0.1) is 28.4 Å². The summed E-state index contributed by atoms with van der Waals surface area (Å²) < 4.78 is 24.9. The van der Waals surface area contributed by atoms with Gasteiger partial charge in [0.1, 0.15) is 11.0 Å². The van der Waals surface area contributed by atoms with Crippen LogP contribution >= 0.6 is 0 Å². The molecule has 0 saturated carbocycles. The summed E-state index contributed by atoms with van der Waals surface area (Å²) >= 11 is 0. The average molecular weight is 328 g/mol. The van der Waals surface area contributed by atoms with Crippen molar-refractivity contribution in [1.29, 1.82) is 5.26 Å². The Labute approximate surface area is 133 Å². The summed E-state index contributed by atoms with van der Waals surface area (Å²) in [6.45, 7) is 1.83. The van der Waals surface area contributed by atoms with Crippen molar-refractivity contribution in [1.82, 2.24) is 0 Å². The molecule has 0 aliphatic carbocycles. The van der Waals surface area contributed by atoms with Crippen LogP contribution in [0.4, 0.5) is 5.69 Å². The standard InChI is InChI=1S/C16H12N2O4S/c1-12-2-8-15(9-3-12)23(21,22)16(11-17)10-13-4-6-14(7-5-13)18(19)20/h2-10H,1H3/b16-10+. The molecule has 7 heteroatoms. The van der Waals surface area contributed by atoms with Crippen LogP contribution in [0.5, 0.6) is 0 Å². The second-order valence-corrected chi connectivity index (χ2v) is 6.70. The van der Waals surface area contributed by atoms with Crippen LogP contribution in [-0.2, 0) is 9.84 Å². The molecule has 0 fully saturated rings. The third-order valence-electron chi connectivity index (χ3n) is 3.13. The molecule has 0 spiro atoms. The zero-order valence-electron chi connectivity index (χ0n) is 12.1. The van der Waals surface area contributed by atoms with Gasteiger partial charge in [-0.15, -0.1) is 0 Å². The summed E-state index contributed by atoms with van der Waals surface area (Å²) in [5.41, 5.74) is 1.19. The molecule has 0 aromatic heterocycles. The molecule has 0 aliphatic heterocycles. The first kappa shape index (κ1) is 16.4. The van der Waals surface area contributed by atoms with Gasteiger partial charge in [0.25, 0.3) is 5.69 Å². The number of benzene rings is 2. The molecule has 0 saturated heterocycles. The van der Waals surface area contributed by atoms with Gasteiger partial charge in [0.05, 0.1) is 9.82 Å². The Morgan fingerprint density at radius 1 is 1.13 bits per heavy atom. The number of nitro benzene ring substituents is 1. The lowest BCUT2D eigenvalue weighted by Gasteiger charge is -2.03. The quantitative estimate of drug-likeness (QED) is 0.487. The SMILES string of the molecule is Cc1ccc(S(=O)(=O)/C(C#N)=C/c2ccc([N+](=O)[O-])cc2)cc1. The predicted octanol–water partition coefficient (Wildman–Crippen LogP) is 3.24. The number of nitriles is 1. The maximum Gasteiger partial charge on any atom is 0.269 e. The molecular weight excluding hydrogens is 316 g/mol. The van der Waals surface area contributed by atoms with Gasteiger partial charge in [0, 0.05) is 12.1 Å². The molecule has 0 heterocycles. The smallest absolute Gasteiger partial charge is 0.258 e. The molecule has 0 amide bonds. The zero-order chi connectivity index (χ0) is 17.0. The predicted molar refractivity (Wildman–Crippen MR) is 85.1 cm³/mol. The molecule has 0 unspecified atom stereocenters. The number of non-ortho nitro benzene ring substituents is 1. The molecule has 116 valence electrons. The number of hydrogen-bond acceptors (Lipinski definition) is 5. The second-order valence-electron chi connectivity index (χ2n) is 4.79. The fraction of sp³-hybridized carbons (Fsp3) is 0.0625. The Morgan fingerprint density at radius 2 is 1.70 bits per heavy atom. The van der Waals surface area contributed by atoms with Crippen LogP contribution in [0.2, 0.25) is 0 Å². The van der Waals surface area contributed by atoms with E-state index in [0.29, 0.717) is 5.56 Å². The molecule has 0 radical (unpaired) electrons. The summed E-state index contributed by atoms with van der Waals surface area (Å²) in [5.74, 6) is 0. The number of nitro groups is 1. The molecule has 2 rings (SSSR count). The van der Waals surface area contributed by atoms with Crippen LogP contribution < -0.4 is 0 Å². The molecular formula is C16H12N2O4S. The number of nitrogens with zero attached hydrogens (tertiary/aromatic N) is 2. The first-order chi connectivity index (χ1) is 10.8. The molecule has 0 aliphatic rings. The van der Waals surface area contributed by atoms with E-state index in [1.165, 1.54) is 42.5 Å². The van der Waals surface area contributed by atoms with E-state index in [0.717, 1.165) is 5.56 Å². The lowest BCUT2D eigenvalue weighted by Crippen LogP contribution is -2.03. The van der Waals surface area contributed by atoms with Gasteiger partial charge in [-0.3, -0.25) is 10.1 Å². The van der Waals surface area contributed by atoms with Crippen molar-refractivity contribution < 1.29 is 13.3 Å². The summed E-state index contributed by atoms with van der Waals surface area (Å²) in [6.07, 6.45) is 1.19. The summed E-state index contributed by atoms with van der Waals surface area (Å²) in [5, 5.41) is 19.8. The van der Waals surface area contributed by atoms with Gasteiger partial charge in [-0.2, -0.15) is 5.26 Å². The second kappa shape index (κ2) is 6.42. The Balaban J connectivity index is 2.44. The normalized spacial score (nSPS) is 11.7. The van der Waals surface area contributed by atoms with E-state index in [1.807, 2.05) is 6.92 Å². The Morgan fingerprint density at radius 3 is 2.17 bits per heavy atom. The van der Waals surface area contributed by atoms with E-state index in [4.69, 9.17) is 0 Å². The molecule has 0 atom stereocenters. The fourth-order valence-corrected chi connectivity index (χ4v) is 3.02. The van der Waals surface area contributed by atoms with Crippen molar-refractivity contribution in [3.05, 3.63) is 74.7 Å². The highest BCUT2D eigenvalue weighted by molar-refractivity contribution is 7.95. The van der Waals surface area contributed by atoms with Gasteiger partial charge in [-0.1, -0.05) is 17.7 Å². The molecule has 0 N–H and O–H groups in total. The highest BCUT2D eigenvalue weighted by Crippen LogP contribution is 2.22. The van der Waals surface area contributed by atoms with E-state index < -0.39 is 19.7 Å². The Kier molecular flexibility index (Phi) is 4.57. The highest BCUT2D eigenvalue weighted by atomic mass is 32.2. The number of allylic oxidation sites excluding steroid dienone is 1. The Bertz CT molecular complexity index is 906. The lowest BCUT2D eigenvalue weighted by atomic mass is 10.2. The van der Waals surface area contributed by atoms with Crippen LogP contribution in [0.15, 0.2) is 58.3 Å². The number of rotatable bonds is 4. The lowest BCUT2D eigenvalue weighted by molar-refractivity contribution is -0.384. The first-order valence-corrected chi connectivity index (χ1v) is 8.01. The third kappa shape index (κ3) is 3.62. The van der Waals surface area contributed by atoms with Gasteiger partial charge in [-0.25, -0.2) is 8.42 Å².